The molecule has 0 N–H and O–H groups in total. The average Bonchev–Trinajstić information content (AvgIpc) is 2.39. The molecular weight excluding hydrogens is 270 g/mol. The summed E-state index contributed by atoms with van der Waals surface area (Å²) in [6.07, 6.45) is 4.38. The second-order valence-corrected chi connectivity index (χ2v) is 7.63. The molecule has 0 saturated carbocycles. The van der Waals surface area contributed by atoms with Crippen LogP contribution < -0.4 is 0 Å². The van der Waals surface area contributed by atoms with Gasteiger partial charge in [-0.3, -0.25) is 0 Å². The van der Waals surface area contributed by atoms with E-state index in [9.17, 15) is 8.42 Å². The molecule has 3 nitrogen and oxygen atoms in total. The summed E-state index contributed by atoms with van der Waals surface area (Å²) in [7, 11) is -3.39. The molecule has 1 saturated heterocycles. The van der Waals surface area contributed by atoms with E-state index in [1.54, 1.807) is 16.4 Å². The minimum Gasteiger partial charge on any atom is -0.207 e. The van der Waals surface area contributed by atoms with Gasteiger partial charge in [0.1, 0.15) is 0 Å². The predicted molar refractivity (Wildman–Crippen MR) is 82.1 cm³/mol. The Morgan fingerprint density at radius 1 is 1.35 bits per heavy atom. The molecule has 0 amide bonds. The first-order valence-electron chi connectivity index (χ1n) is 7.14. The number of hydrogen-bond donors (Lipinski definition) is 0. The van der Waals surface area contributed by atoms with Gasteiger partial charge >= 0.3 is 0 Å². The van der Waals surface area contributed by atoms with E-state index in [0.29, 0.717) is 17.4 Å². The van der Waals surface area contributed by atoms with Gasteiger partial charge in [0.05, 0.1) is 4.90 Å². The molecule has 0 aliphatic carbocycles. The molecule has 1 aromatic rings. The molecule has 4 heteroatoms. The number of piperidine rings is 1. The molecule has 1 aliphatic heterocycles. The molecule has 0 bridgehead atoms. The van der Waals surface area contributed by atoms with E-state index in [1.165, 1.54) is 0 Å². The lowest BCUT2D eigenvalue weighted by Gasteiger charge is -2.37. The molecule has 110 valence electrons. The summed E-state index contributed by atoms with van der Waals surface area (Å²) < 4.78 is 27.2. The molecule has 2 atom stereocenters. The third-order valence-corrected chi connectivity index (χ3v) is 5.96. The van der Waals surface area contributed by atoms with Gasteiger partial charge < -0.3 is 0 Å². The van der Waals surface area contributed by atoms with Crippen molar-refractivity contribution in [2.24, 2.45) is 5.92 Å². The van der Waals surface area contributed by atoms with E-state index in [2.05, 4.69) is 13.5 Å². The highest BCUT2D eigenvalue weighted by atomic mass is 32.2. The summed E-state index contributed by atoms with van der Waals surface area (Å²) in [5.74, 6) is 0.574. The smallest absolute Gasteiger partial charge is 0.207 e. The second kappa shape index (κ2) is 6.10. The summed E-state index contributed by atoms with van der Waals surface area (Å²) >= 11 is 0. The molecule has 0 unspecified atom stereocenters. The van der Waals surface area contributed by atoms with Crippen LogP contribution in [-0.2, 0) is 10.0 Å². The van der Waals surface area contributed by atoms with E-state index < -0.39 is 10.0 Å². The first-order valence-corrected chi connectivity index (χ1v) is 8.58. The van der Waals surface area contributed by atoms with E-state index in [1.807, 2.05) is 25.1 Å². The van der Waals surface area contributed by atoms with Gasteiger partial charge in [0, 0.05) is 12.6 Å². The van der Waals surface area contributed by atoms with Crippen LogP contribution in [-0.4, -0.2) is 25.3 Å². The highest BCUT2D eigenvalue weighted by Gasteiger charge is 2.34. The zero-order valence-corrected chi connectivity index (χ0v) is 13.1. The van der Waals surface area contributed by atoms with E-state index in [-0.39, 0.29) is 6.04 Å². The maximum Gasteiger partial charge on any atom is 0.243 e. The summed E-state index contributed by atoms with van der Waals surface area (Å²) in [5, 5.41) is 0. The van der Waals surface area contributed by atoms with Crippen molar-refractivity contribution in [2.75, 3.05) is 6.54 Å². The third-order valence-electron chi connectivity index (χ3n) is 3.99. The largest absolute Gasteiger partial charge is 0.243 e. The standard InChI is InChI=1S/C16H23NO2S/c1-4-5-15-12-14(3)10-11-17(15)20(18,19)16-8-6-13(2)7-9-16/h4,6-9,14-15H,1,5,10-12H2,2-3H3/t14-,15+/m0/s1. The van der Waals surface area contributed by atoms with E-state index in [4.69, 9.17) is 0 Å². The van der Waals surface area contributed by atoms with Crippen LogP contribution in [0.15, 0.2) is 41.8 Å². The van der Waals surface area contributed by atoms with Crippen LogP contribution in [0.5, 0.6) is 0 Å². The Kier molecular flexibility index (Phi) is 4.66. The van der Waals surface area contributed by atoms with Crippen molar-refractivity contribution >= 4 is 10.0 Å². The number of rotatable bonds is 4. The zero-order valence-electron chi connectivity index (χ0n) is 12.2. The number of aryl methyl sites for hydroxylation is 1. The van der Waals surface area contributed by atoms with Gasteiger partial charge in [-0.15, -0.1) is 6.58 Å². The minimum absolute atomic E-state index is 0.0440. The third kappa shape index (κ3) is 3.13. The van der Waals surface area contributed by atoms with Gasteiger partial charge in [-0.2, -0.15) is 4.31 Å². The molecular formula is C16H23NO2S. The van der Waals surface area contributed by atoms with E-state index in [0.717, 1.165) is 24.8 Å². The maximum absolute atomic E-state index is 12.8. The molecule has 1 aromatic carbocycles. The van der Waals surface area contributed by atoms with Crippen LogP contribution in [0.3, 0.4) is 0 Å². The van der Waals surface area contributed by atoms with Crippen molar-refractivity contribution in [3.05, 3.63) is 42.5 Å². The molecule has 0 spiro atoms. The van der Waals surface area contributed by atoms with Gasteiger partial charge in [0.25, 0.3) is 0 Å². The lowest BCUT2D eigenvalue weighted by molar-refractivity contribution is 0.207. The molecule has 0 radical (unpaired) electrons. The van der Waals surface area contributed by atoms with Crippen LogP contribution >= 0.6 is 0 Å². The first-order chi connectivity index (χ1) is 9.45. The van der Waals surface area contributed by atoms with Gasteiger partial charge in [-0.1, -0.05) is 30.7 Å². The van der Waals surface area contributed by atoms with Gasteiger partial charge in [0.2, 0.25) is 10.0 Å². The Morgan fingerprint density at radius 3 is 2.60 bits per heavy atom. The van der Waals surface area contributed by atoms with Crippen molar-refractivity contribution in [1.82, 2.24) is 4.31 Å². The Bertz CT molecular complexity index is 563. The van der Waals surface area contributed by atoms with Crippen molar-refractivity contribution in [3.8, 4) is 0 Å². The fraction of sp³-hybridized carbons (Fsp3) is 0.500. The van der Waals surface area contributed by atoms with Crippen molar-refractivity contribution < 1.29 is 8.42 Å². The lowest BCUT2D eigenvalue weighted by atomic mass is 9.93. The second-order valence-electron chi connectivity index (χ2n) is 5.74. The van der Waals surface area contributed by atoms with Crippen LogP contribution in [0.2, 0.25) is 0 Å². The molecule has 2 rings (SSSR count). The molecule has 1 fully saturated rings. The van der Waals surface area contributed by atoms with Crippen molar-refractivity contribution in [1.29, 1.82) is 0 Å². The Morgan fingerprint density at radius 2 is 2.00 bits per heavy atom. The van der Waals surface area contributed by atoms with Crippen molar-refractivity contribution in [2.45, 2.75) is 44.0 Å². The zero-order chi connectivity index (χ0) is 14.8. The maximum atomic E-state index is 12.8. The van der Waals surface area contributed by atoms with Gasteiger partial charge in [0.15, 0.2) is 0 Å². The first kappa shape index (κ1) is 15.3. The molecule has 0 aromatic heterocycles. The van der Waals surface area contributed by atoms with E-state index >= 15 is 0 Å². The van der Waals surface area contributed by atoms with Crippen LogP contribution in [0, 0.1) is 12.8 Å². The normalized spacial score (nSPS) is 24.5. The Balaban J connectivity index is 2.31. The Labute approximate surface area is 122 Å². The fourth-order valence-corrected chi connectivity index (χ4v) is 4.46. The van der Waals surface area contributed by atoms with Crippen LogP contribution in [0.1, 0.15) is 31.7 Å². The minimum atomic E-state index is -3.39. The summed E-state index contributed by atoms with van der Waals surface area (Å²) in [6, 6.07) is 7.15. The number of nitrogens with zero attached hydrogens (tertiary/aromatic N) is 1. The Hall–Kier alpha value is -1.13. The molecule has 1 aliphatic rings. The predicted octanol–water partition coefficient (Wildman–Crippen LogP) is 3.36. The van der Waals surface area contributed by atoms with Gasteiger partial charge in [-0.05, 0) is 44.2 Å². The highest BCUT2D eigenvalue weighted by molar-refractivity contribution is 7.89. The van der Waals surface area contributed by atoms with Gasteiger partial charge in [-0.25, -0.2) is 8.42 Å². The number of benzene rings is 1. The molecule has 1 heterocycles. The summed E-state index contributed by atoms with van der Waals surface area (Å²) in [5.41, 5.74) is 1.07. The molecule has 20 heavy (non-hydrogen) atoms. The number of hydrogen-bond acceptors (Lipinski definition) is 2. The highest BCUT2D eigenvalue weighted by Crippen LogP contribution is 2.30. The number of sulfonamides is 1. The van der Waals surface area contributed by atoms with Crippen molar-refractivity contribution in [3.63, 3.8) is 0 Å². The quantitative estimate of drug-likeness (QED) is 0.798. The SMILES string of the molecule is C=CC[C@@H]1C[C@@H](C)CCN1S(=O)(=O)c1ccc(C)cc1. The monoisotopic (exact) mass is 293 g/mol. The topological polar surface area (TPSA) is 37.4 Å². The van der Waals surface area contributed by atoms with Crippen LogP contribution in [0.25, 0.3) is 0 Å². The lowest BCUT2D eigenvalue weighted by Crippen LogP contribution is -2.45. The fourth-order valence-electron chi connectivity index (χ4n) is 2.80. The summed E-state index contributed by atoms with van der Waals surface area (Å²) in [4.78, 5) is 0.395. The average molecular weight is 293 g/mol. The summed E-state index contributed by atoms with van der Waals surface area (Å²) in [6.45, 7) is 8.51. The van der Waals surface area contributed by atoms with Crippen LogP contribution in [0.4, 0.5) is 0 Å².